The Kier molecular flexibility index (Phi) is 4.53. The Bertz CT molecular complexity index is 460. The summed E-state index contributed by atoms with van der Waals surface area (Å²) in [6.45, 7) is 1.69. The molecule has 5 N–H and O–H groups in total. The minimum Gasteiger partial charge on any atom is -0.495 e. The molecule has 18 heavy (non-hydrogen) atoms. The van der Waals surface area contributed by atoms with Crippen LogP contribution in [-0.2, 0) is 4.79 Å². The zero-order valence-electron chi connectivity index (χ0n) is 10.4. The lowest BCUT2D eigenvalue weighted by Gasteiger charge is -2.14. The normalized spacial score (nSPS) is 11.7. The molecule has 0 spiro atoms. The van der Waals surface area contributed by atoms with Crippen molar-refractivity contribution in [1.82, 2.24) is 5.32 Å². The van der Waals surface area contributed by atoms with Crippen LogP contribution in [0.2, 0.25) is 0 Å². The van der Waals surface area contributed by atoms with Gasteiger partial charge in [0.1, 0.15) is 5.75 Å². The summed E-state index contributed by atoms with van der Waals surface area (Å²) in [4.78, 5) is 22.6. The highest BCUT2D eigenvalue weighted by Crippen LogP contribution is 2.24. The fraction of sp³-hybridized carbons (Fsp3) is 0.333. The number of methoxy groups -OCH3 is 1. The summed E-state index contributed by atoms with van der Waals surface area (Å²) < 4.78 is 5.03. The maximum atomic E-state index is 11.9. The standard InChI is InChI=1S/C12H17N3O3/c1-7(6-10(13)16)15-12(17)8-4-3-5-9(18-2)11(8)14/h3-5,7H,6,14H2,1-2H3,(H2,13,16)(H,15,17). The number of rotatable bonds is 5. The van der Waals surface area contributed by atoms with Crippen LogP contribution in [0.4, 0.5) is 5.69 Å². The van der Waals surface area contributed by atoms with Gasteiger partial charge in [-0.25, -0.2) is 0 Å². The number of para-hydroxylation sites is 1. The molecule has 2 amide bonds. The Morgan fingerprint density at radius 3 is 2.67 bits per heavy atom. The molecule has 0 aromatic heterocycles. The molecule has 1 atom stereocenters. The third-order valence-electron chi connectivity index (χ3n) is 2.42. The van der Waals surface area contributed by atoms with Gasteiger partial charge in [0.25, 0.3) is 5.91 Å². The number of hydrogen-bond donors (Lipinski definition) is 3. The Labute approximate surface area is 105 Å². The number of hydrogen-bond acceptors (Lipinski definition) is 4. The molecule has 1 rings (SSSR count). The summed E-state index contributed by atoms with van der Waals surface area (Å²) >= 11 is 0. The Hall–Kier alpha value is -2.24. The summed E-state index contributed by atoms with van der Waals surface area (Å²) in [6, 6.07) is 4.58. The van der Waals surface area contributed by atoms with Crippen LogP contribution in [0.15, 0.2) is 18.2 Å². The van der Waals surface area contributed by atoms with Gasteiger partial charge in [-0.15, -0.1) is 0 Å². The van der Waals surface area contributed by atoms with Gasteiger partial charge in [0.15, 0.2) is 0 Å². The van der Waals surface area contributed by atoms with Crippen LogP contribution in [0.3, 0.4) is 0 Å². The van der Waals surface area contributed by atoms with Crippen molar-refractivity contribution in [2.75, 3.05) is 12.8 Å². The summed E-state index contributed by atoms with van der Waals surface area (Å²) in [5.74, 6) is -0.397. The maximum absolute atomic E-state index is 11.9. The fourth-order valence-electron chi connectivity index (χ4n) is 1.57. The highest BCUT2D eigenvalue weighted by Gasteiger charge is 2.15. The third-order valence-corrected chi connectivity index (χ3v) is 2.42. The van der Waals surface area contributed by atoms with Crippen molar-refractivity contribution >= 4 is 17.5 Å². The third kappa shape index (κ3) is 3.38. The molecule has 0 aliphatic rings. The van der Waals surface area contributed by atoms with Crippen LogP contribution >= 0.6 is 0 Å². The van der Waals surface area contributed by atoms with Gasteiger partial charge in [0.05, 0.1) is 18.4 Å². The molecule has 0 saturated carbocycles. The van der Waals surface area contributed by atoms with Crippen molar-refractivity contribution in [3.8, 4) is 5.75 Å². The van der Waals surface area contributed by atoms with Gasteiger partial charge in [0.2, 0.25) is 5.91 Å². The first kappa shape index (κ1) is 13.8. The van der Waals surface area contributed by atoms with Gasteiger partial charge in [0, 0.05) is 12.5 Å². The molecule has 6 heteroatoms. The highest BCUT2D eigenvalue weighted by molar-refractivity contribution is 6.00. The molecular formula is C12H17N3O3. The molecule has 0 aliphatic carbocycles. The fourth-order valence-corrected chi connectivity index (χ4v) is 1.57. The number of nitrogens with two attached hydrogens (primary N) is 2. The van der Waals surface area contributed by atoms with Crippen molar-refractivity contribution in [3.05, 3.63) is 23.8 Å². The van der Waals surface area contributed by atoms with Crippen molar-refractivity contribution in [2.45, 2.75) is 19.4 Å². The van der Waals surface area contributed by atoms with Crippen molar-refractivity contribution in [3.63, 3.8) is 0 Å². The zero-order chi connectivity index (χ0) is 13.7. The van der Waals surface area contributed by atoms with Crippen molar-refractivity contribution in [2.24, 2.45) is 5.73 Å². The molecule has 0 bridgehead atoms. The van der Waals surface area contributed by atoms with E-state index in [9.17, 15) is 9.59 Å². The first-order valence-corrected chi connectivity index (χ1v) is 5.47. The summed E-state index contributed by atoms with van der Waals surface area (Å²) in [5, 5.41) is 2.64. The van der Waals surface area contributed by atoms with E-state index in [1.165, 1.54) is 7.11 Å². The lowest BCUT2D eigenvalue weighted by atomic mass is 10.1. The van der Waals surface area contributed by atoms with E-state index in [-0.39, 0.29) is 24.1 Å². The minimum atomic E-state index is -0.471. The number of anilines is 1. The van der Waals surface area contributed by atoms with Crippen LogP contribution in [0.1, 0.15) is 23.7 Å². The molecule has 1 aromatic rings. The predicted octanol–water partition coefficient (Wildman–Crippen LogP) is 0.271. The van der Waals surface area contributed by atoms with E-state index in [1.807, 2.05) is 0 Å². The van der Waals surface area contributed by atoms with Gasteiger partial charge >= 0.3 is 0 Å². The van der Waals surface area contributed by atoms with E-state index < -0.39 is 5.91 Å². The molecule has 0 aliphatic heterocycles. The predicted molar refractivity (Wildman–Crippen MR) is 68.1 cm³/mol. The summed E-state index contributed by atoms with van der Waals surface area (Å²) in [7, 11) is 1.48. The number of primary amides is 1. The molecule has 0 radical (unpaired) electrons. The Morgan fingerprint density at radius 1 is 1.44 bits per heavy atom. The van der Waals surface area contributed by atoms with Gasteiger partial charge in [-0.3, -0.25) is 9.59 Å². The van der Waals surface area contributed by atoms with Crippen molar-refractivity contribution in [1.29, 1.82) is 0 Å². The molecule has 6 nitrogen and oxygen atoms in total. The minimum absolute atomic E-state index is 0.0790. The molecule has 0 heterocycles. The lowest BCUT2D eigenvalue weighted by Crippen LogP contribution is -2.36. The van der Waals surface area contributed by atoms with E-state index in [1.54, 1.807) is 25.1 Å². The molecular weight excluding hydrogens is 234 g/mol. The van der Waals surface area contributed by atoms with E-state index in [2.05, 4.69) is 5.32 Å². The maximum Gasteiger partial charge on any atom is 0.253 e. The first-order chi connectivity index (χ1) is 8.45. The molecule has 0 saturated heterocycles. The molecule has 1 unspecified atom stereocenters. The van der Waals surface area contributed by atoms with Gasteiger partial charge < -0.3 is 21.5 Å². The molecule has 1 aromatic carbocycles. The van der Waals surface area contributed by atoms with Crippen LogP contribution in [0, 0.1) is 0 Å². The number of carbonyl (C=O) groups excluding carboxylic acids is 2. The topological polar surface area (TPSA) is 107 Å². The van der Waals surface area contributed by atoms with Crippen LogP contribution in [-0.4, -0.2) is 25.0 Å². The van der Waals surface area contributed by atoms with E-state index >= 15 is 0 Å². The smallest absolute Gasteiger partial charge is 0.253 e. The number of benzene rings is 1. The lowest BCUT2D eigenvalue weighted by molar-refractivity contribution is -0.118. The second-order valence-corrected chi connectivity index (χ2v) is 3.97. The SMILES string of the molecule is COc1cccc(C(=O)NC(C)CC(N)=O)c1N. The van der Waals surface area contributed by atoms with E-state index in [4.69, 9.17) is 16.2 Å². The number of carbonyl (C=O) groups is 2. The average Bonchev–Trinajstić information content (AvgIpc) is 2.27. The number of nitrogens with one attached hydrogen (secondary N) is 1. The van der Waals surface area contributed by atoms with Gasteiger partial charge in [-0.1, -0.05) is 6.07 Å². The Balaban J connectivity index is 2.81. The quantitative estimate of drug-likeness (QED) is 0.653. The van der Waals surface area contributed by atoms with Crippen LogP contribution < -0.4 is 21.5 Å². The van der Waals surface area contributed by atoms with Crippen LogP contribution in [0.5, 0.6) is 5.75 Å². The number of nitrogen functional groups attached to an aromatic ring is 1. The second kappa shape index (κ2) is 5.90. The average molecular weight is 251 g/mol. The highest BCUT2D eigenvalue weighted by atomic mass is 16.5. The monoisotopic (exact) mass is 251 g/mol. The summed E-state index contributed by atoms with van der Waals surface area (Å²) in [6.07, 6.45) is 0.0790. The molecule has 98 valence electrons. The number of ether oxygens (including phenoxy) is 1. The number of amides is 2. The van der Waals surface area contributed by atoms with Crippen LogP contribution in [0.25, 0.3) is 0 Å². The van der Waals surface area contributed by atoms with Gasteiger partial charge in [-0.2, -0.15) is 0 Å². The molecule has 0 fully saturated rings. The first-order valence-electron chi connectivity index (χ1n) is 5.47. The zero-order valence-corrected chi connectivity index (χ0v) is 10.4. The van der Waals surface area contributed by atoms with E-state index in [0.29, 0.717) is 11.3 Å². The largest absolute Gasteiger partial charge is 0.495 e. The van der Waals surface area contributed by atoms with E-state index in [0.717, 1.165) is 0 Å². The summed E-state index contributed by atoms with van der Waals surface area (Å²) in [5.41, 5.74) is 11.4. The van der Waals surface area contributed by atoms with Gasteiger partial charge in [-0.05, 0) is 19.1 Å². The van der Waals surface area contributed by atoms with Crippen molar-refractivity contribution < 1.29 is 14.3 Å². The Morgan fingerprint density at radius 2 is 2.11 bits per heavy atom. The second-order valence-electron chi connectivity index (χ2n) is 3.97.